The molecule has 0 saturated heterocycles. The summed E-state index contributed by atoms with van der Waals surface area (Å²) in [5.74, 6) is 0.676. The molecule has 1 aromatic rings. The SMILES string of the molecule is CCOCCNC(=NC)NCc1ccc(S(=O)(=O)N(C)C)cc1.I. The summed E-state index contributed by atoms with van der Waals surface area (Å²) in [6.45, 7) is 4.49. The molecule has 7 nitrogen and oxygen atoms in total. The van der Waals surface area contributed by atoms with E-state index in [1.165, 1.54) is 18.4 Å². The van der Waals surface area contributed by atoms with Crippen molar-refractivity contribution in [2.24, 2.45) is 4.99 Å². The first-order valence-electron chi connectivity index (χ1n) is 7.45. The highest BCUT2D eigenvalue weighted by atomic mass is 127. The topological polar surface area (TPSA) is 83.0 Å². The van der Waals surface area contributed by atoms with E-state index >= 15 is 0 Å². The molecule has 1 rings (SSSR count). The van der Waals surface area contributed by atoms with Crippen molar-refractivity contribution in [1.82, 2.24) is 14.9 Å². The van der Waals surface area contributed by atoms with Gasteiger partial charge in [0, 0.05) is 40.8 Å². The first kappa shape index (κ1) is 23.1. The zero-order valence-corrected chi connectivity index (χ0v) is 17.7. The number of sulfonamides is 1. The Bertz CT molecular complexity index is 604. The van der Waals surface area contributed by atoms with E-state index in [9.17, 15) is 8.42 Å². The third-order valence-electron chi connectivity index (χ3n) is 3.13. The van der Waals surface area contributed by atoms with Crippen molar-refractivity contribution in [2.45, 2.75) is 18.4 Å². The number of rotatable bonds is 8. The van der Waals surface area contributed by atoms with E-state index in [1.54, 1.807) is 31.3 Å². The molecule has 0 aliphatic carbocycles. The van der Waals surface area contributed by atoms with Crippen molar-refractivity contribution in [3.63, 3.8) is 0 Å². The Hall–Kier alpha value is -0.910. The van der Waals surface area contributed by atoms with Crippen molar-refractivity contribution >= 4 is 40.0 Å². The molecule has 2 N–H and O–H groups in total. The van der Waals surface area contributed by atoms with Crippen molar-refractivity contribution in [3.05, 3.63) is 29.8 Å². The monoisotopic (exact) mass is 470 g/mol. The smallest absolute Gasteiger partial charge is 0.242 e. The van der Waals surface area contributed by atoms with E-state index in [0.717, 1.165) is 5.56 Å². The number of hydrogen-bond acceptors (Lipinski definition) is 4. The summed E-state index contributed by atoms with van der Waals surface area (Å²) in [5, 5.41) is 6.30. The lowest BCUT2D eigenvalue weighted by molar-refractivity contribution is 0.152. The van der Waals surface area contributed by atoms with Gasteiger partial charge in [0.05, 0.1) is 11.5 Å². The number of guanidine groups is 1. The third-order valence-corrected chi connectivity index (χ3v) is 4.96. The lowest BCUT2D eigenvalue weighted by atomic mass is 10.2. The number of benzene rings is 1. The maximum Gasteiger partial charge on any atom is 0.242 e. The highest BCUT2D eigenvalue weighted by Gasteiger charge is 2.16. The standard InChI is InChI=1S/C15H26N4O3S.HI/c1-5-22-11-10-17-15(16-2)18-12-13-6-8-14(9-7-13)23(20,21)19(3)4;/h6-9H,5,10-12H2,1-4H3,(H2,16,17,18);1H. The lowest BCUT2D eigenvalue weighted by Crippen LogP contribution is -2.38. The normalized spacial score (nSPS) is 12.0. The Morgan fingerprint density at radius 2 is 1.83 bits per heavy atom. The Morgan fingerprint density at radius 3 is 2.33 bits per heavy atom. The van der Waals surface area contributed by atoms with Crippen LogP contribution in [0.1, 0.15) is 12.5 Å². The van der Waals surface area contributed by atoms with Gasteiger partial charge in [-0.25, -0.2) is 12.7 Å². The number of nitrogens with one attached hydrogen (secondary N) is 2. The van der Waals surface area contributed by atoms with Gasteiger partial charge in [0.2, 0.25) is 10.0 Å². The molecule has 0 saturated carbocycles. The summed E-state index contributed by atoms with van der Waals surface area (Å²) in [4.78, 5) is 4.40. The average molecular weight is 470 g/mol. The fraction of sp³-hybridized carbons (Fsp3) is 0.533. The van der Waals surface area contributed by atoms with E-state index in [0.29, 0.717) is 32.3 Å². The molecule has 0 unspecified atom stereocenters. The molecule has 0 amide bonds. The molecule has 138 valence electrons. The predicted molar refractivity (Wildman–Crippen MR) is 107 cm³/mol. The summed E-state index contributed by atoms with van der Waals surface area (Å²) < 4.78 is 30.4. The molecular formula is C15H27IN4O3S. The van der Waals surface area contributed by atoms with E-state index < -0.39 is 10.0 Å². The van der Waals surface area contributed by atoms with Crippen LogP contribution in [0.25, 0.3) is 0 Å². The van der Waals surface area contributed by atoms with Crippen LogP contribution < -0.4 is 10.6 Å². The van der Waals surface area contributed by atoms with Crippen LogP contribution in [0.4, 0.5) is 0 Å². The van der Waals surface area contributed by atoms with Crippen molar-refractivity contribution in [2.75, 3.05) is 40.9 Å². The maximum atomic E-state index is 12.0. The van der Waals surface area contributed by atoms with Gasteiger partial charge in [-0.05, 0) is 24.6 Å². The first-order valence-corrected chi connectivity index (χ1v) is 8.89. The zero-order valence-electron chi connectivity index (χ0n) is 14.6. The van der Waals surface area contributed by atoms with Gasteiger partial charge in [0.25, 0.3) is 0 Å². The number of halogens is 1. The van der Waals surface area contributed by atoms with E-state index in [2.05, 4.69) is 15.6 Å². The number of hydrogen-bond donors (Lipinski definition) is 2. The minimum absolute atomic E-state index is 0. The summed E-state index contributed by atoms with van der Waals surface area (Å²) in [6.07, 6.45) is 0. The molecule has 0 radical (unpaired) electrons. The highest BCUT2D eigenvalue weighted by molar-refractivity contribution is 14.0. The second-order valence-electron chi connectivity index (χ2n) is 4.98. The second kappa shape index (κ2) is 11.6. The molecule has 0 aliphatic heterocycles. The van der Waals surface area contributed by atoms with Gasteiger partial charge < -0.3 is 15.4 Å². The number of nitrogens with zero attached hydrogens (tertiary/aromatic N) is 2. The van der Waals surface area contributed by atoms with Crippen LogP contribution in [0.2, 0.25) is 0 Å². The van der Waals surface area contributed by atoms with E-state index in [-0.39, 0.29) is 28.9 Å². The number of ether oxygens (including phenoxy) is 1. The van der Waals surface area contributed by atoms with Gasteiger partial charge in [0.15, 0.2) is 5.96 Å². The van der Waals surface area contributed by atoms with Crippen LogP contribution in [0.3, 0.4) is 0 Å². The van der Waals surface area contributed by atoms with Gasteiger partial charge in [-0.1, -0.05) is 12.1 Å². The van der Waals surface area contributed by atoms with Crippen LogP contribution in [-0.2, 0) is 21.3 Å². The molecule has 0 spiro atoms. The molecule has 1 aromatic carbocycles. The van der Waals surface area contributed by atoms with Crippen LogP contribution in [0.5, 0.6) is 0 Å². The maximum absolute atomic E-state index is 12.0. The predicted octanol–water partition coefficient (Wildman–Crippen LogP) is 1.26. The van der Waals surface area contributed by atoms with E-state index in [1.807, 2.05) is 6.92 Å². The molecule has 0 aliphatic rings. The Labute approximate surface area is 161 Å². The second-order valence-corrected chi connectivity index (χ2v) is 7.13. The van der Waals surface area contributed by atoms with Crippen molar-refractivity contribution in [1.29, 1.82) is 0 Å². The Morgan fingerprint density at radius 1 is 1.21 bits per heavy atom. The Kier molecular flexibility index (Phi) is 11.2. The van der Waals surface area contributed by atoms with Gasteiger partial charge in [0.1, 0.15) is 0 Å². The number of aliphatic imine (C=N–C) groups is 1. The van der Waals surface area contributed by atoms with Crippen molar-refractivity contribution in [3.8, 4) is 0 Å². The molecule has 0 fully saturated rings. The fourth-order valence-electron chi connectivity index (χ4n) is 1.78. The fourth-order valence-corrected chi connectivity index (χ4v) is 2.68. The van der Waals surface area contributed by atoms with Crippen molar-refractivity contribution < 1.29 is 13.2 Å². The summed E-state index contributed by atoms with van der Waals surface area (Å²) in [7, 11) is 1.35. The van der Waals surface area contributed by atoms with Crippen LogP contribution in [0.15, 0.2) is 34.2 Å². The quantitative estimate of drug-likeness (QED) is 0.259. The molecule has 9 heteroatoms. The van der Waals surface area contributed by atoms with Gasteiger partial charge in [-0.2, -0.15) is 0 Å². The first-order chi connectivity index (χ1) is 10.9. The molecular weight excluding hydrogens is 443 g/mol. The van der Waals surface area contributed by atoms with Crippen LogP contribution in [0, 0.1) is 0 Å². The molecule has 0 bridgehead atoms. The summed E-state index contributed by atoms with van der Waals surface area (Å²) in [6, 6.07) is 6.79. The minimum atomic E-state index is -3.38. The molecule has 24 heavy (non-hydrogen) atoms. The zero-order chi connectivity index (χ0) is 17.3. The minimum Gasteiger partial charge on any atom is -0.380 e. The van der Waals surface area contributed by atoms with Gasteiger partial charge in [-0.3, -0.25) is 4.99 Å². The average Bonchev–Trinajstić information content (AvgIpc) is 2.54. The summed E-state index contributed by atoms with van der Waals surface area (Å²) >= 11 is 0. The molecule has 0 aromatic heterocycles. The molecule has 0 atom stereocenters. The van der Waals surface area contributed by atoms with Gasteiger partial charge >= 0.3 is 0 Å². The lowest BCUT2D eigenvalue weighted by Gasteiger charge is -2.13. The molecule has 0 heterocycles. The summed E-state index contributed by atoms with van der Waals surface area (Å²) in [5.41, 5.74) is 0.968. The van der Waals surface area contributed by atoms with Crippen LogP contribution >= 0.6 is 24.0 Å². The Balaban J connectivity index is 0.00000529. The van der Waals surface area contributed by atoms with Crippen LogP contribution in [-0.4, -0.2) is 59.6 Å². The highest BCUT2D eigenvalue weighted by Crippen LogP contribution is 2.13. The largest absolute Gasteiger partial charge is 0.380 e. The third kappa shape index (κ3) is 7.32. The van der Waals surface area contributed by atoms with Gasteiger partial charge in [-0.15, -0.1) is 24.0 Å². The van der Waals surface area contributed by atoms with E-state index in [4.69, 9.17) is 4.74 Å².